The second kappa shape index (κ2) is 26.0. The van der Waals surface area contributed by atoms with Gasteiger partial charge in [0.2, 0.25) is 0 Å². The number of carbonyl (C=O) groups is 4. The van der Waals surface area contributed by atoms with Crippen molar-refractivity contribution < 1.29 is 64.8 Å². The van der Waals surface area contributed by atoms with Gasteiger partial charge in [-0.05, 0) is 24.7 Å². The van der Waals surface area contributed by atoms with Gasteiger partial charge in [-0.25, -0.2) is 0 Å². The van der Waals surface area contributed by atoms with Gasteiger partial charge < -0.3 is 19.7 Å². The molecule has 0 aliphatic heterocycles. The molecule has 14 nitrogen and oxygen atoms in total. The van der Waals surface area contributed by atoms with E-state index in [9.17, 15) is 40.6 Å². The molecule has 18 heteroatoms. The van der Waals surface area contributed by atoms with Crippen LogP contribution in [-0.2, 0) is 48.9 Å². The van der Waals surface area contributed by atoms with Crippen LogP contribution in [0.3, 0.4) is 0 Å². The summed E-state index contributed by atoms with van der Waals surface area (Å²) >= 11 is 0. The quantitative estimate of drug-likeness (QED) is 0.0820. The zero-order chi connectivity index (χ0) is 31.5. The number of esters is 2. The van der Waals surface area contributed by atoms with Crippen LogP contribution in [0.4, 0.5) is 0 Å². The molecule has 0 spiro atoms. The predicted octanol–water partition coefficient (Wildman–Crippen LogP) is 1.66. The molecular weight excluding hydrogens is 622 g/mol. The first-order valence-corrected chi connectivity index (χ1v) is 16.1. The minimum atomic E-state index is -4.84. The van der Waals surface area contributed by atoms with Crippen LogP contribution in [0.5, 0.6) is 0 Å². The third kappa shape index (κ3) is 24.1. The molecule has 0 aliphatic rings. The van der Waals surface area contributed by atoms with Crippen molar-refractivity contribution in [2.75, 3.05) is 13.2 Å². The third-order valence-corrected chi connectivity index (χ3v) is 8.16. The predicted molar refractivity (Wildman–Crippen MR) is 158 cm³/mol. The molecule has 240 valence electrons. The zero-order valence-corrected chi connectivity index (χ0v) is 25.1. The molecule has 42 heavy (non-hydrogen) atoms. The standard InChI is InChI=1S/C20H38O7S.C4H6O7S.2Na.2H/c1-5-9-11-16(7-3)14-26-19(21)13-18(28(23,24)25)20(22)27-15-17(8-4)12-10-6-2;5-3(6)1-2(4(7)8)12(9,10)11;;;;/h16-18H,5-15H2,1-4H3,(H,23,24,25);2H,1H2,(H,5,6)(H,7,8)(H,9,10,11);;;;. The number of ether oxygens (including phenoxy) is 2. The number of hydrogen-bond donors (Lipinski definition) is 4. The summed E-state index contributed by atoms with van der Waals surface area (Å²) in [6.07, 6.45) is 5.58. The Morgan fingerprint density at radius 3 is 1.36 bits per heavy atom. The normalized spacial score (nSPS) is 13.9. The number of rotatable bonds is 20. The van der Waals surface area contributed by atoms with Gasteiger partial charge in [0.25, 0.3) is 20.2 Å². The van der Waals surface area contributed by atoms with Gasteiger partial charge in [0.05, 0.1) is 26.1 Å². The van der Waals surface area contributed by atoms with Crippen LogP contribution in [0, 0.1) is 11.8 Å². The molecule has 4 unspecified atom stereocenters. The Balaban J connectivity index is -0.000000436. The number of carbonyl (C=O) groups excluding carboxylic acids is 2. The van der Waals surface area contributed by atoms with E-state index >= 15 is 0 Å². The van der Waals surface area contributed by atoms with Crippen LogP contribution >= 0.6 is 0 Å². The second-order valence-electron chi connectivity index (χ2n) is 9.29. The zero-order valence-electron chi connectivity index (χ0n) is 23.5. The number of unbranched alkanes of at least 4 members (excludes halogenated alkanes) is 2. The second-order valence-corrected chi connectivity index (χ2v) is 12.5. The summed E-state index contributed by atoms with van der Waals surface area (Å²) in [5.74, 6) is -5.11. The van der Waals surface area contributed by atoms with Gasteiger partial charge in [-0.1, -0.05) is 66.2 Å². The van der Waals surface area contributed by atoms with E-state index in [-0.39, 0.29) is 84.2 Å². The monoisotopic (exact) mass is 668 g/mol. The average Bonchev–Trinajstić information content (AvgIpc) is 2.84. The molecule has 0 aromatic heterocycles. The Hall–Kier alpha value is -0.300. The van der Waals surface area contributed by atoms with E-state index in [1.807, 2.05) is 13.8 Å². The summed E-state index contributed by atoms with van der Waals surface area (Å²) < 4.78 is 71.4. The maximum absolute atomic E-state index is 12.2. The Kier molecular flexibility index (Phi) is 30.1. The molecule has 0 bridgehead atoms. The van der Waals surface area contributed by atoms with Crippen molar-refractivity contribution in [2.24, 2.45) is 11.8 Å². The van der Waals surface area contributed by atoms with Crippen LogP contribution in [0.25, 0.3) is 0 Å². The molecule has 0 aromatic rings. The van der Waals surface area contributed by atoms with Crippen LogP contribution in [0.1, 0.15) is 91.9 Å². The summed E-state index contributed by atoms with van der Waals surface area (Å²) in [5.41, 5.74) is 0. The first-order valence-electron chi connectivity index (χ1n) is 13.1. The Morgan fingerprint density at radius 2 is 1.07 bits per heavy atom. The minimum absolute atomic E-state index is 0. The van der Waals surface area contributed by atoms with Gasteiger partial charge in [-0.3, -0.25) is 28.3 Å². The number of hydrogen-bond acceptors (Lipinski definition) is 10. The van der Waals surface area contributed by atoms with Crippen molar-refractivity contribution in [3.05, 3.63) is 0 Å². The first kappa shape index (κ1) is 48.6. The Labute approximate surface area is 293 Å². The average molecular weight is 669 g/mol. The maximum atomic E-state index is 12.2. The SMILES string of the molecule is CCCCC(CC)COC(=O)CC(C(=O)OCC(CC)CCCC)S(=O)(=O)O.O=C(O)CC(C(=O)O)S(=O)(=O)O.[NaH].[NaH]. The molecule has 0 aliphatic carbocycles. The van der Waals surface area contributed by atoms with E-state index in [1.54, 1.807) is 0 Å². The number of aliphatic carboxylic acids is 2. The molecule has 4 atom stereocenters. The van der Waals surface area contributed by atoms with Crippen LogP contribution < -0.4 is 0 Å². The van der Waals surface area contributed by atoms with Crippen LogP contribution in [-0.4, -0.2) is 143 Å². The Morgan fingerprint density at radius 1 is 0.667 bits per heavy atom. The summed E-state index contributed by atoms with van der Waals surface area (Å²) in [7, 11) is -9.60. The van der Waals surface area contributed by atoms with Gasteiger partial charge in [0.1, 0.15) is 0 Å². The van der Waals surface area contributed by atoms with E-state index in [1.165, 1.54) is 0 Å². The summed E-state index contributed by atoms with van der Waals surface area (Å²) in [4.78, 5) is 44.2. The summed E-state index contributed by atoms with van der Waals surface area (Å²) in [5, 5.41) is 12.0. The van der Waals surface area contributed by atoms with Gasteiger partial charge in [-0.15, -0.1) is 0 Å². The molecule has 0 radical (unpaired) electrons. The van der Waals surface area contributed by atoms with E-state index in [2.05, 4.69) is 13.8 Å². The molecule has 4 N–H and O–H groups in total. The molecule has 0 fully saturated rings. The van der Waals surface area contributed by atoms with Crippen molar-refractivity contribution in [1.29, 1.82) is 0 Å². The number of carboxylic acid groups (broad SMARTS) is 2. The molecule has 0 saturated heterocycles. The fraction of sp³-hybridized carbons (Fsp3) is 0.833. The van der Waals surface area contributed by atoms with E-state index < -0.39 is 67.5 Å². The molecule has 0 rings (SSSR count). The fourth-order valence-corrected chi connectivity index (χ4v) is 4.57. The molecule has 0 amide bonds. The van der Waals surface area contributed by atoms with Crippen molar-refractivity contribution >= 4 is 103 Å². The van der Waals surface area contributed by atoms with Crippen molar-refractivity contribution in [1.82, 2.24) is 0 Å². The van der Waals surface area contributed by atoms with Crippen LogP contribution in [0.15, 0.2) is 0 Å². The van der Waals surface area contributed by atoms with Gasteiger partial charge in [0, 0.05) is 0 Å². The van der Waals surface area contributed by atoms with Gasteiger partial charge in [0.15, 0.2) is 10.5 Å². The van der Waals surface area contributed by atoms with Crippen molar-refractivity contribution in [2.45, 2.75) is 102 Å². The van der Waals surface area contributed by atoms with Gasteiger partial charge >= 0.3 is 83.0 Å². The van der Waals surface area contributed by atoms with E-state index in [4.69, 9.17) is 24.2 Å². The van der Waals surface area contributed by atoms with E-state index in [0.717, 1.165) is 51.4 Å². The van der Waals surface area contributed by atoms with Gasteiger partial charge in [-0.2, -0.15) is 16.8 Å². The molecule has 0 aromatic carbocycles. The van der Waals surface area contributed by atoms with E-state index in [0.29, 0.717) is 0 Å². The molecular formula is C24H46Na2O14S2. The fourth-order valence-electron chi connectivity index (χ4n) is 3.30. The summed E-state index contributed by atoms with van der Waals surface area (Å²) in [6, 6.07) is 0. The first-order chi connectivity index (χ1) is 18.4. The molecule has 0 heterocycles. The number of carboxylic acids is 2. The van der Waals surface area contributed by atoms with Crippen LogP contribution in [0.2, 0.25) is 0 Å². The third-order valence-electron chi connectivity index (χ3n) is 6.00. The van der Waals surface area contributed by atoms with Crippen molar-refractivity contribution in [3.8, 4) is 0 Å². The molecule has 0 saturated carbocycles. The Bertz CT molecular complexity index is 1000. The summed E-state index contributed by atoms with van der Waals surface area (Å²) in [6.45, 7) is 8.35. The van der Waals surface area contributed by atoms with Crippen molar-refractivity contribution in [3.63, 3.8) is 0 Å². The topological polar surface area (TPSA) is 236 Å².